The molecule has 2 rings (SSSR count). The van der Waals surface area contributed by atoms with E-state index < -0.39 is 5.60 Å². The highest BCUT2D eigenvalue weighted by atomic mass is 16.6. The molecule has 1 aromatic heterocycles. The number of amides is 1. The van der Waals surface area contributed by atoms with Crippen molar-refractivity contribution >= 4 is 11.9 Å². The molecule has 1 aromatic rings. The Balaban J connectivity index is 1.89. The maximum atomic E-state index is 11.8. The molecular formula is C14H22N4O2. The van der Waals surface area contributed by atoms with Crippen molar-refractivity contribution in [2.75, 3.05) is 18.0 Å². The third-order valence-corrected chi connectivity index (χ3v) is 3.02. The zero-order valence-electron chi connectivity index (χ0n) is 12.3. The van der Waals surface area contributed by atoms with Gasteiger partial charge in [0.1, 0.15) is 5.60 Å². The lowest BCUT2D eigenvalue weighted by molar-refractivity contribution is 0.0500. The standard InChI is InChI=1S/C14H22N4O2/c1-14(2,3)20-13(19)16-11-6-5-9-18(10-11)12-7-4-8-15-17-12/h4,7-8,11H,5-6,9-10H2,1-3H3,(H,16,19)/t11-/m1/s1. The van der Waals surface area contributed by atoms with Gasteiger partial charge in [0, 0.05) is 25.3 Å². The van der Waals surface area contributed by atoms with Gasteiger partial charge in [0.25, 0.3) is 0 Å². The summed E-state index contributed by atoms with van der Waals surface area (Å²) >= 11 is 0. The number of hydrogen-bond acceptors (Lipinski definition) is 5. The molecule has 1 aliphatic rings. The first-order chi connectivity index (χ1) is 9.44. The second-order valence-electron chi connectivity index (χ2n) is 6.01. The van der Waals surface area contributed by atoms with Crippen molar-refractivity contribution in [3.8, 4) is 0 Å². The van der Waals surface area contributed by atoms with Crippen LogP contribution in [0, 0.1) is 0 Å². The smallest absolute Gasteiger partial charge is 0.407 e. The topological polar surface area (TPSA) is 67.3 Å². The van der Waals surface area contributed by atoms with E-state index in [1.807, 2.05) is 32.9 Å². The Morgan fingerprint density at radius 3 is 2.95 bits per heavy atom. The number of nitrogens with one attached hydrogen (secondary N) is 1. The monoisotopic (exact) mass is 278 g/mol. The van der Waals surface area contributed by atoms with Crippen LogP contribution in [0.4, 0.5) is 10.6 Å². The molecule has 1 N–H and O–H groups in total. The van der Waals surface area contributed by atoms with Gasteiger partial charge in [0.05, 0.1) is 0 Å². The zero-order chi connectivity index (χ0) is 14.6. The SMILES string of the molecule is CC(C)(C)OC(=O)N[C@@H]1CCCN(c2cccnn2)C1. The first-order valence-electron chi connectivity index (χ1n) is 6.96. The van der Waals surface area contributed by atoms with Crippen LogP contribution in [0.5, 0.6) is 0 Å². The highest BCUT2D eigenvalue weighted by Crippen LogP contribution is 2.17. The van der Waals surface area contributed by atoms with Crippen molar-refractivity contribution in [2.45, 2.75) is 45.3 Å². The number of piperidine rings is 1. The summed E-state index contributed by atoms with van der Waals surface area (Å²) in [4.78, 5) is 13.9. The lowest BCUT2D eigenvalue weighted by atomic mass is 10.1. The molecule has 1 saturated heterocycles. The molecule has 1 atom stereocenters. The van der Waals surface area contributed by atoms with E-state index in [9.17, 15) is 4.79 Å². The van der Waals surface area contributed by atoms with E-state index in [-0.39, 0.29) is 12.1 Å². The number of anilines is 1. The van der Waals surface area contributed by atoms with Crippen LogP contribution < -0.4 is 10.2 Å². The molecule has 6 nitrogen and oxygen atoms in total. The predicted octanol–water partition coefficient (Wildman–Crippen LogP) is 1.97. The van der Waals surface area contributed by atoms with Crippen LogP contribution in [-0.2, 0) is 4.74 Å². The summed E-state index contributed by atoms with van der Waals surface area (Å²) in [6.45, 7) is 7.25. The molecule has 1 amide bonds. The summed E-state index contributed by atoms with van der Waals surface area (Å²) in [6, 6.07) is 3.89. The maximum Gasteiger partial charge on any atom is 0.407 e. The molecule has 0 bridgehead atoms. The Bertz CT molecular complexity index is 444. The third kappa shape index (κ3) is 4.36. The van der Waals surface area contributed by atoms with E-state index >= 15 is 0 Å². The molecular weight excluding hydrogens is 256 g/mol. The van der Waals surface area contributed by atoms with E-state index in [1.165, 1.54) is 0 Å². The number of carbonyl (C=O) groups is 1. The van der Waals surface area contributed by atoms with E-state index in [2.05, 4.69) is 20.4 Å². The Kier molecular flexibility index (Phi) is 4.42. The second kappa shape index (κ2) is 6.07. The summed E-state index contributed by atoms with van der Waals surface area (Å²) in [5.74, 6) is 0.850. The molecule has 1 fully saturated rings. The third-order valence-electron chi connectivity index (χ3n) is 3.02. The van der Waals surface area contributed by atoms with E-state index in [0.717, 1.165) is 31.7 Å². The summed E-state index contributed by atoms with van der Waals surface area (Å²) in [5, 5.41) is 10.9. The molecule has 0 aromatic carbocycles. The largest absolute Gasteiger partial charge is 0.444 e. The number of hydrogen-bond donors (Lipinski definition) is 1. The number of carbonyl (C=O) groups excluding carboxylic acids is 1. The first-order valence-corrected chi connectivity index (χ1v) is 6.96. The van der Waals surface area contributed by atoms with Crippen molar-refractivity contribution < 1.29 is 9.53 Å². The van der Waals surface area contributed by atoms with Gasteiger partial charge in [-0.15, -0.1) is 5.10 Å². The molecule has 6 heteroatoms. The van der Waals surface area contributed by atoms with Crippen molar-refractivity contribution in [2.24, 2.45) is 0 Å². The molecule has 0 radical (unpaired) electrons. The molecule has 0 spiro atoms. The van der Waals surface area contributed by atoms with Crippen LogP contribution in [-0.4, -0.2) is 41.0 Å². The zero-order valence-corrected chi connectivity index (χ0v) is 12.3. The van der Waals surface area contributed by atoms with E-state index in [1.54, 1.807) is 6.20 Å². The lowest BCUT2D eigenvalue weighted by Gasteiger charge is -2.34. The Morgan fingerprint density at radius 1 is 1.50 bits per heavy atom. The fraction of sp³-hybridized carbons (Fsp3) is 0.643. The summed E-state index contributed by atoms with van der Waals surface area (Å²) < 4.78 is 5.28. The lowest BCUT2D eigenvalue weighted by Crippen LogP contribution is -2.49. The van der Waals surface area contributed by atoms with Crippen LogP contribution in [0.3, 0.4) is 0 Å². The maximum absolute atomic E-state index is 11.8. The summed E-state index contributed by atoms with van der Waals surface area (Å²) in [7, 11) is 0. The van der Waals surface area contributed by atoms with Crippen LogP contribution in [0.1, 0.15) is 33.6 Å². The molecule has 0 aliphatic carbocycles. The van der Waals surface area contributed by atoms with Crippen LogP contribution in [0.2, 0.25) is 0 Å². The summed E-state index contributed by atoms with van der Waals surface area (Å²) in [6.07, 6.45) is 3.26. The highest BCUT2D eigenvalue weighted by molar-refractivity contribution is 5.68. The number of alkyl carbamates (subject to hydrolysis) is 1. The normalized spacial score (nSPS) is 19.6. The van der Waals surface area contributed by atoms with Crippen molar-refractivity contribution in [3.63, 3.8) is 0 Å². The van der Waals surface area contributed by atoms with Gasteiger partial charge in [-0.2, -0.15) is 5.10 Å². The Labute approximate surface area is 119 Å². The van der Waals surface area contributed by atoms with Gasteiger partial charge in [-0.05, 0) is 45.7 Å². The average molecular weight is 278 g/mol. The fourth-order valence-electron chi connectivity index (χ4n) is 2.24. The van der Waals surface area contributed by atoms with E-state index in [4.69, 9.17) is 4.74 Å². The summed E-state index contributed by atoms with van der Waals surface area (Å²) in [5.41, 5.74) is -0.469. The first kappa shape index (κ1) is 14.6. The van der Waals surface area contributed by atoms with Gasteiger partial charge >= 0.3 is 6.09 Å². The van der Waals surface area contributed by atoms with Gasteiger partial charge in [0.15, 0.2) is 5.82 Å². The van der Waals surface area contributed by atoms with Crippen molar-refractivity contribution in [1.29, 1.82) is 0 Å². The van der Waals surface area contributed by atoms with Gasteiger partial charge in [-0.1, -0.05) is 0 Å². The van der Waals surface area contributed by atoms with Gasteiger partial charge in [0.2, 0.25) is 0 Å². The fourth-order valence-corrected chi connectivity index (χ4v) is 2.24. The van der Waals surface area contributed by atoms with Crippen molar-refractivity contribution in [3.05, 3.63) is 18.3 Å². The minimum absolute atomic E-state index is 0.0839. The highest BCUT2D eigenvalue weighted by Gasteiger charge is 2.24. The van der Waals surface area contributed by atoms with Gasteiger partial charge in [-0.25, -0.2) is 4.79 Å². The van der Waals surface area contributed by atoms with Crippen LogP contribution >= 0.6 is 0 Å². The molecule has 110 valence electrons. The number of nitrogens with zero attached hydrogens (tertiary/aromatic N) is 3. The average Bonchev–Trinajstić information content (AvgIpc) is 2.38. The Hall–Kier alpha value is -1.85. The van der Waals surface area contributed by atoms with Crippen LogP contribution in [0.15, 0.2) is 18.3 Å². The number of aromatic nitrogens is 2. The minimum atomic E-state index is -0.469. The Morgan fingerprint density at radius 2 is 2.30 bits per heavy atom. The number of rotatable bonds is 2. The van der Waals surface area contributed by atoms with E-state index in [0.29, 0.717) is 0 Å². The van der Waals surface area contributed by atoms with Crippen molar-refractivity contribution in [1.82, 2.24) is 15.5 Å². The minimum Gasteiger partial charge on any atom is -0.444 e. The second-order valence-corrected chi connectivity index (χ2v) is 6.01. The molecule has 0 saturated carbocycles. The molecule has 2 heterocycles. The molecule has 1 aliphatic heterocycles. The molecule has 0 unspecified atom stereocenters. The van der Waals surface area contributed by atoms with Crippen LogP contribution in [0.25, 0.3) is 0 Å². The van der Waals surface area contributed by atoms with Gasteiger partial charge in [-0.3, -0.25) is 0 Å². The van der Waals surface area contributed by atoms with Gasteiger partial charge < -0.3 is 15.0 Å². The quantitative estimate of drug-likeness (QED) is 0.896. The molecule has 20 heavy (non-hydrogen) atoms. The number of ether oxygens (including phenoxy) is 1. The predicted molar refractivity (Wildman–Crippen MR) is 76.6 cm³/mol.